The van der Waals surface area contributed by atoms with Crippen molar-refractivity contribution in [3.8, 4) is 44.5 Å². The van der Waals surface area contributed by atoms with E-state index in [2.05, 4.69) is 207 Å². The van der Waals surface area contributed by atoms with Crippen molar-refractivity contribution >= 4 is 27.8 Å². The van der Waals surface area contributed by atoms with E-state index in [1.165, 1.54) is 72.1 Å². The molecule has 0 bridgehead atoms. The first-order valence-electron chi connectivity index (χ1n) is 17.4. The van der Waals surface area contributed by atoms with Crippen LogP contribution in [0.15, 0.2) is 188 Å². The Kier molecular flexibility index (Phi) is 7.21. The highest BCUT2D eigenvalue weighted by Gasteiger charge is 2.39. The molecule has 0 aromatic heterocycles. The van der Waals surface area contributed by atoms with Gasteiger partial charge >= 0.3 is 0 Å². The number of hydrogen-bond acceptors (Lipinski definition) is 1. The Morgan fingerprint density at radius 1 is 0.380 bits per heavy atom. The van der Waals surface area contributed by atoms with Crippen molar-refractivity contribution in [2.45, 2.75) is 19.3 Å². The van der Waals surface area contributed by atoms with Crippen LogP contribution in [0.2, 0.25) is 0 Å². The van der Waals surface area contributed by atoms with Crippen molar-refractivity contribution in [3.63, 3.8) is 0 Å². The van der Waals surface area contributed by atoms with Gasteiger partial charge in [-0.15, -0.1) is 0 Å². The van der Waals surface area contributed by atoms with E-state index < -0.39 is 0 Å². The minimum Gasteiger partial charge on any atom is -0.309 e. The summed E-state index contributed by atoms with van der Waals surface area (Å²) in [5.74, 6) is 0. The third-order valence-electron chi connectivity index (χ3n) is 10.5. The van der Waals surface area contributed by atoms with E-state index >= 15 is 0 Å². The van der Waals surface area contributed by atoms with Crippen LogP contribution in [0.5, 0.6) is 0 Å². The molecule has 9 rings (SSSR count). The van der Waals surface area contributed by atoms with Crippen LogP contribution in [0.4, 0.5) is 17.1 Å². The summed E-state index contributed by atoms with van der Waals surface area (Å²) in [5, 5.41) is 2.49. The molecule has 0 atom stereocenters. The van der Waals surface area contributed by atoms with E-state index in [0.717, 1.165) is 11.4 Å². The lowest BCUT2D eigenvalue weighted by Gasteiger charge is -2.31. The fraction of sp³-hybridized carbons (Fsp3) is 0.0612. The molecule has 0 radical (unpaired) electrons. The lowest BCUT2D eigenvalue weighted by atomic mass is 9.81. The summed E-state index contributed by atoms with van der Waals surface area (Å²) in [6.07, 6.45) is 0. The molecule has 1 heteroatoms. The predicted octanol–water partition coefficient (Wildman–Crippen LogP) is 13.6. The highest BCUT2D eigenvalue weighted by Crippen LogP contribution is 2.56. The highest BCUT2D eigenvalue weighted by atomic mass is 15.1. The topological polar surface area (TPSA) is 3.24 Å². The van der Waals surface area contributed by atoms with Crippen LogP contribution in [-0.2, 0) is 5.41 Å². The Balaban J connectivity index is 1.27. The van der Waals surface area contributed by atoms with Crippen LogP contribution in [0.1, 0.15) is 25.0 Å². The average molecular weight is 640 g/mol. The van der Waals surface area contributed by atoms with Crippen LogP contribution < -0.4 is 4.90 Å². The van der Waals surface area contributed by atoms with Crippen LogP contribution >= 0.6 is 0 Å². The fourth-order valence-electron chi connectivity index (χ4n) is 7.95. The molecule has 8 aromatic rings. The average Bonchev–Trinajstić information content (AvgIpc) is 3.41. The maximum atomic E-state index is 2.49. The van der Waals surface area contributed by atoms with Gasteiger partial charge in [-0.2, -0.15) is 0 Å². The van der Waals surface area contributed by atoms with E-state index in [-0.39, 0.29) is 5.41 Å². The van der Waals surface area contributed by atoms with Gasteiger partial charge in [0.2, 0.25) is 0 Å². The van der Waals surface area contributed by atoms with Crippen LogP contribution in [-0.4, -0.2) is 0 Å². The zero-order valence-corrected chi connectivity index (χ0v) is 28.3. The van der Waals surface area contributed by atoms with E-state index in [4.69, 9.17) is 0 Å². The molecule has 0 aliphatic heterocycles. The molecule has 8 aromatic carbocycles. The molecule has 0 saturated carbocycles. The van der Waals surface area contributed by atoms with Gasteiger partial charge in [0, 0.05) is 27.7 Å². The summed E-state index contributed by atoms with van der Waals surface area (Å²) in [4.78, 5) is 2.49. The van der Waals surface area contributed by atoms with Gasteiger partial charge in [-0.05, 0) is 85.8 Å². The monoisotopic (exact) mass is 639 g/mol. The van der Waals surface area contributed by atoms with Gasteiger partial charge in [-0.1, -0.05) is 172 Å². The van der Waals surface area contributed by atoms with Crippen LogP contribution in [0.3, 0.4) is 0 Å². The van der Waals surface area contributed by atoms with Crippen molar-refractivity contribution in [2.24, 2.45) is 0 Å². The third kappa shape index (κ3) is 4.94. The molecule has 1 nitrogen and oxygen atoms in total. The van der Waals surface area contributed by atoms with Crippen molar-refractivity contribution in [3.05, 3.63) is 199 Å². The molecule has 0 N–H and O–H groups in total. The van der Waals surface area contributed by atoms with Gasteiger partial charge in [0.1, 0.15) is 0 Å². The van der Waals surface area contributed by atoms with Crippen LogP contribution in [0, 0.1) is 0 Å². The molecule has 0 fully saturated rings. The summed E-state index contributed by atoms with van der Waals surface area (Å²) >= 11 is 0. The molecule has 0 unspecified atom stereocenters. The van der Waals surface area contributed by atoms with Gasteiger partial charge < -0.3 is 4.90 Å². The lowest BCUT2D eigenvalue weighted by Crippen LogP contribution is -2.16. The predicted molar refractivity (Wildman–Crippen MR) is 213 cm³/mol. The smallest absolute Gasteiger partial charge is 0.0621 e. The van der Waals surface area contributed by atoms with E-state index in [9.17, 15) is 0 Å². The largest absolute Gasteiger partial charge is 0.309 e. The normalized spacial score (nSPS) is 12.8. The van der Waals surface area contributed by atoms with Gasteiger partial charge in [0.05, 0.1) is 5.69 Å². The zero-order valence-electron chi connectivity index (χ0n) is 28.3. The second kappa shape index (κ2) is 12.1. The Morgan fingerprint density at radius 3 is 1.48 bits per heavy atom. The van der Waals surface area contributed by atoms with Crippen molar-refractivity contribution in [2.75, 3.05) is 4.90 Å². The molecule has 50 heavy (non-hydrogen) atoms. The maximum Gasteiger partial charge on any atom is 0.0621 e. The molecule has 0 heterocycles. The Morgan fingerprint density at radius 2 is 0.840 bits per heavy atom. The van der Waals surface area contributed by atoms with E-state index in [1.807, 2.05) is 0 Å². The first-order valence-corrected chi connectivity index (χ1v) is 17.4. The Bertz CT molecular complexity index is 2470. The van der Waals surface area contributed by atoms with E-state index in [1.54, 1.807) is 0 Å². The van der Waals surface area contributed by atoms with Gasteiger partial charge in [0.25, 0.3) is 0 Å². The quantitative estimate of drug-likeness (QED) is 0.175. The molecule has 0 spiro atoms. The Hall–Kier alpha value is -6.18. The molecule has 0 saturated heterocycles. The first kappa shape index (κ1) is 29.9. The van der Waals surface area contributed by atoms with Crippen molar-refractivity contribution in [1.82, 2.24) is 0 Å². The standard InChI is InChI=1S/C49H37N/c1-49(2)45-24-14-13-23-44(45)47-46(49)33-38-19-9-10-22-43(38)48(47)50(39-29-25-35(26-30-39)34-15-5-3-6-16-34)40-31-27-37(28-32-40)42-21-12-11-20-41(42)36-17-7-4-8-18-36/h3-33H,1-2H3. The molecule has 0 amide bonds. The SMILES string of the molecule is CC1(C)c2ccccc2-c2c1cc1ccccc1c2N(c1ccc(-c2ccccc2)cc1)c1ccc(-c2ccccc2-c2ccccc2)cc1. The van der Waals surface area contributed by atoms with Crippen molar-refractivity contribution in [1.29, 1.82) is 0 Å². The first-order chi connectivity index (χ1) is 24.6. The number of fused-ring (bicyclic) bond motifs is 4. The maximum absolute atomic E-state index is 2.49. The van der Waals surface area contributed by atoms with Gasteiger partial charge in [-0.25, -0.2) is 0 Å². The second-order valence-electron chi connectivity index (χ2n) is 13.7. The fourth-order valence-corrected chi connectivity index (χ4v) is 7.95. The number of anilines is 3. The number of rotatable bonds is 6. The third-order valence-corrected chi connectivity index (χ3v) is 10.5. The van der Waals surface area contributed by atoms with Gasteiger partial charge in [0.15, 0.2) is 0 Å². The van der Waals surface area contributed by atoms with E-state index in [0.29, 0.717) is 0 Å². The second-order valence-corrected chi connectivity index (χ2v) is 13.7. The summed E-state index contributed by atoms with van der Waals surface area (Å²) in [5.41, 5.74) is 16.0. The van der Waals surface area contributed by atoms with Crippen molar-refractivity contribution < 1.29 is 0 Å². The Labute approximate surface area is 294 Å². The summed E-state index contributed by atoms with van der Waals surface area (Å²) in [6.45, 7) is 4.74. The van der Waals surface area contributed by atoms with Gasteiger partial charge in [-0.3, -0.25) is 0 Å². The number of nitrogens with zero attached hydrogens (tertiary/aromatic N) is 1. The lowest BCUT2D eigenvalue weighted by molar-refractivity contribution is 0.661. The number of hydrogen-bond donors (Lipinski definition) is 0. The molecule has 1 aliphatic rings. The minimum absolute atomic E-state index is 0.126. The summed E-state index contributed by atoms with van der Waals surface area (Å²) in [6, 6.07) is 68.5. The molecule has 238 valence electrons. The zero-order chi connectivity index (χ0) is 33.7. The minimum atomic E-state index is -0.126. The summed E-state index contributed by atoms with van der Waals surface area (Å²) in [7, 11) is 0. The van der Waals surface area contributed by atoms with Crippen LogP contribution in [0.25, 0.3) is 55.3 Å². The highest BCUT2D eigenvalue weighted by molar-refractivity contribution is 6.09. The molecular formula is C49H37N. The summed E-state index contributed by atoms with van der Waals surface area (Å²) < 4.78 is 0. The molecule has 1 aliphatic carbocycles. The molecular weight excluding hydrogens is 603 g/mol. The number of benzene rings is 8.